The Balaban J connectivity index is 3.31. The Hall–Kier alpha value is 0.310. The topological polar surface area (TPSA) is 12.0 Å². The summed E-state index contributed by atoms with van der Waals surface area (Å²) in [6.45, 7) is 6.81. The van der Waals surface area contributed by atoms with Crippen molar-refractivity contribution in [3.63, 3.8) is 0 Å². The van der Waals surface area contributed by atoms with Crippen LogP contribution in [-0.2, 0) is 0 Å². The number of rotatable bonds is 7. The monoisotopic (exact) mass is 189 g/mol. The first-order chi connectivity index (χ1) is 5.70. The van der Waals surface area contributed by atoms with Crippen molar-refractivity contribution in [2.75, 3.05) is 18.6 Å². The molecule has 74 valence electrons. The van der Waals surface area contributed by atoms with Gasteiger partial charge in [0.25, 0.3) is 0 Å². The lowest BCUT2D eigenvalue weighted by atomic mass is 10.2. The summed E-state index contributed by atoms with van der Waals surface area (Å²) in [4.78, 5) is 0. The lowest BCUT2D eigenvalue weighted by molar-refractivity contribution is 0.564. The Bertz CT molecular complexity index is 93.8. The van der Waals surface area contributed by atoms with Gasteiger partial charge >= 0.3 is 0 Å². The maximum Gasteiger partial charge on any atom is 0.0155 e. The fourth-order valence-electron chi connectivity index (χ4n) is 1.11. The minimum atomic E-state index is 0.721. The van der Waals surface area contributed by atoms with E-state index in [2.05, 4.69) is 44.9 Å². The van der Waals surface area contributed by atoms with Gasteiger partial charge in [0.05, 0.1) is 0 Å². The third kappa shape index (κ3) is 6.99. The Labute approximate surface area is 81.7 Å². The van der Waals surface area contributed by atoms with Crippen molar-refractivity contribution in [3.8, 4) is 0 Å². The van der Waals surface area contributed by atoms with Crippen molar-refractivity contribution < 1.29 is 0 Å². The third-order valence-corrected chi connectivity index (χ3v) is 3.36. The predicted molar refractivity (Wildman–Crippen MR) is 59.9 cm³/mol. The molecule has 0 heterocycles. The van der Waals surface area contributed by atoms with E-state index in [4.69, 9.17) is 0 Å². The van der Waals surface area contributed by atoms with Gasteiger partial charge in [-0.25, -0.2) is 0 Å². The van der Waals surface area contributed by atoms with Crippen LogP contribution >= 0.6 is 11.8 Å². The molecule has 0 saturated carbocycles. The van der Waals surface area contributed by atoms with Gasteiger partial charge in [0.1, 0.15) is 0 Å². The van der Waals surface area contributed by atoms with Gasteiger partial charge in [-0.15, -0.1) is 0 Å². The number of hydrogen-bond donors (Lipinski definition) is 1. The molecule has 0 rings (SSSR count). The van der Waals surface area contributed by atoms with Crippen molar-refractivity contribution in [3.05, 3.63) is 0 Å². The molecule has 2 heteroatoms. The van der Waals surface area contributed by atoms with Crippen molar-refractivity contribution in [1.29, 1.82) is 0 Å². The molecular formula is C10H23NS. The van der Waals surface area contributed by atoms with E-state index in [-0.39, 0.29) is 0 Å². The van der Waals surface area contributed by atoms with Gasteiger partial charge in [-0.2, -0.15) is 11.8 Å². The summed E-state index contributed by atoms with van der Waals surface area (Å²) in [5, 5.41) is 3.36. The molecule has 0 aromatic heterocycles. The molecule has 1 unspecified atom stereocenters. The van der Waals surface area contributed by atoms with Gasteiger partial charge in [-0.3, -0.25) is 0 Å². The van der Waals surface area contributed by atoms with E-state index >= 15 is 0 Å². The molecule has 0 spiro atoms. The quantitative estimate of drug-likeness (QED) is 0.661. The first-order valence-electron chi connectivity index (χ1n) is 4.95. The second kappa shape index (κ2) is 7.93. The van der Waals surface area contributed by atoms with Crippen LogP contribution in [0.4, 0.5) is 0 Å². The molecule has 1 atom stereocenters. The van der Waals surface area contributed by atoms with Crippen molar-refractivity contribution in [2.45, 2.75) is 39.7 Å². The number of nitrogens with one attached hydrogen (secondary N) is 1. The van der Waals surface area contributed by atoms with Gasteiger partial charge in [0.15, 0.2) is 0 Å². The largest absolute Gasteiger partial charge is 0.316 e. The zero-order valence-corrected chi connectivity index (χ0v) is 9.71. The lowest BCUT2D eigenvalue weighted by Gasteiger charge is -2.15. The molecule has 0 saturated heterocycles. The van der Waals surface area contributed by atoms with E-state index in [1.807, 2.05) is 0 Å². The summed E-state index contributed by atoms with van der Waals surface area (Å²) in [5.74, 6) is 3.39. The van der Waals surface area contributed by atoms with E-state index in [0.29, 0.717) is 0 Å². The SMILES string of the molecule is CCCC(CSCC(C)C)NC. The first-order valence-corrected chi connectivity index (χ1v) is 6.11. The standard InChI is InChI=1S/C10H23NS/c1-5-6-10(11-4)8-12-7-9(2)3/h9-11H,5-8H2,1-4H3. The zero-order valence-electron chi connectivity index (χ0n) is 8.89. The smallest absolute Gasteiger partial charge is 0.0155 e. The Kier molecular flexibility index (Phi) is 8.14. The highest BCUT2D eigenvalue weighted by atomic mass is 32.2. The highest BCUT2D eigenvalue weighted by Crippen LogP contribution is 2.11. The van der Waals surface area contributed by atoms with Crippen molar-refractivity contribution in [1.82, 2.24) is 5.32 Å². The maximum atomic E-state index is 3.36. The fourth-order valence-corrected chi connectivity index (χ4v) is 2.33. The molecular weight excluding hydrogens is 166 g/mol. The number of hydrogen-bond acceptors (Lipinski definition) is 2. The molecule has 0 aromatic carbocycles. The summed E-state index contributed by atoms with van der Waals surface area (Å²) >= 11 is 2.07. The maximum absolute atomic E-state index is 3.36. The molecule has 0 aliphatic rings. The molecule has 0 amide bonds. The van der Waals surface area contributed by atoms with Gasteiger partial charge in [0, 0.05) is 11.8 Å². The van der Waals surface area contributed by atoms with Crippen molar-refractivity contribution >= 4 is 11.8 Å². The molecule has 0 radical (unpaired) electrons. The Morgan fingerprint density at radius 3 is 2.33 bits per heavy atom. The molecule has 12 heavy (non-hydrogen) atoms. The van der Waals surface area contributed by atoms with E-state index in [9.17, 15) is 0 Å². The van der Waals surface area contributed by atoms with Crippen LogP contribution in [0.3, 0.4) is 0 Å². The van der Waals surface area contributed by atoms with Crippen molar-refractivity contribution in [2.24, 2.45) is 5.92 Å². The highest BCUT2D eigenvalue weighted by molar-refractivity contribution is 7.99. The third-order valence-electron chi connectivity index (χ3n) is 1.82. The summed E-state index contributed by atoms with van der Waals surface area (Å²) < 4.78 is 0. The normalized spacial score (nSPS) is 13.8. The average molecular weight is 189 g/mol. The Morgan fingerprint density at radius 2 is 1.92 bits per heavy atom. The number of thioether (sulfide) groups is 1. The van der Waals surface area contributed by atoms with Crippen LogP contribution in [0.15, 0.2) is 0 Å². The highest BCUT2D eigenvalue weighted by Gasteiger charge is 2.04. The molecule has 1 nitrogen and oxygen atoms in total. The zero-order chi connectivity index (χ0) is 9.40. The molecule has 0 fully saturated rings. The predicted octanol–water partition coefficient (Wildman–Crippen LogP) is 2.76. The van der Waals surface area contributed by atoms with Crippen LogP contribution in [0.2, 0.25) is 0 Å². The van der Waals surface area contributed by atoms with Crippen LogP contribution in [0.25, 0.3) is 0 Å². The van der Waals surface area contributed by atoms with Gasteiger partial charge in [-0.05, 0) is 25.1 Å². The molecule has 0 aromatic rings. The molecule has 1 N–H and O–H groups in total. The van der Waals surface area contributed by atoms with Gasteiger partial charge < -0.3 is 5.32 Å². The second-order valence-electron chi connectivity index (χ2n) is 3.71. The second-order valence-corrected chi connectivity index (χ2v) is 4.78. The summed E-state index contributed by atoms with van der Waals surface area (Å²) in [5.41, 5.74) is 0. The van der Waals surface area contributed by atoms with Crippen LogP contribution in [0.5, 0.6) is 0 Å². The minimum absolute atomic E-state index is 0.721. The van der Waals surface area contributed by atoms with Gasteiger partial charge in [-0.1, -0.05) is 27.2 Å². The summed E-state index contributed by atoms with van der Waals surface area (Å²) in [6, 6.07) is 0.721. The van der Waals surface area contributed by atoms with Crippen LogP contribution in [0.1, 0.15) is 33.6 Å². The van der Waals surface area contributed by atoms with E-state index in [0.717, 1.165) is 12.0 Å². The molecule has 0 aliphatic heterocycles. The average Bonchev–Trinajstić information content (AvgIpc) is 2.02. The fraction of sp³-hybridized carbons (Fsp3) is 1.00. The summed E-state index contributed by atoms with van der Waals surface area (Å²) in [7, 11) is 2.07. The van der Waals surface area contributed by atoms with Gasteiger partial charge in [0.2, 0.25) is 0 Å². The lowest BCUT2D eigenvalue weighted by Crippen LogP contribution is -2.27. The van der Waals surface area contributed by atoms with Crippen LogP contribution < -0.4 is 5.32 Å². The van der Waals surface area contributed by atoms with E-state index < -0.39 is 0 Å². The summed E-state index contributed by atoms with van der Waals surface area (Å²) in [6.07, 6.45) is 2.59. The van der Waals surface area contributed by atoms with E-state index in [1.54, 1.807) is 0 Å². The van der Waals surface area contributed by atoms with Crippen LogP contribution in [0, 0.1) is 5.92 Å². The van der Waals surface area contributed by atoms with Crippen LogP contribution in [-0.4, -0.2) is 24.6 Å². The van der Waals surface area contributed by atoms with E-state index in [1.165, 1.54) is 24.3 Å². The first kappa shape index (κ1) is 12.3. The Morgan fingerprint density at radius 1 is 1.25 bits per heavy atom. The molecule has 0 bridgehead atoms. The molecule has 0 aliphatic carbocycles. The minimum Gasteiger partial charge on any atom is -0.316 e.